The number of halogens is 1. The molecule has 0 saturated carbocycles. The minimum Gasteiger partial charge on any atom is -0.336 e. The molecule has 1 aliphatic heterocycles. The molecule has 1 unspecified atom stereocenters. The SMILES string of the molecule is CC(C)c1c(C(=O)N2CCN(C(=O)C(c3ccccc3)c3ccccc3)C(C)C2)cnn1-c1nc(-c2ccc(Br)cc2)cs1. The molecule has 3 aromatic carbocycles. The highest BCUT2D eigenvalue weighted by molar-refractivity contribution is 9.10. The number of rotatable bonds is 7. The fourth-order valence-electron chi connectivity index (χ4n) is 5.92. The summed E-state index contributed by atoms with van der Waals surface area (Å²) < 4.78 is 2.82. The maximum absolute atomic E-state index is 14.1. The lowest BCUT2D eigenvalue weighted by atomic mass is 9.89. The Bertz CT molecular complexity index is 1710. The number of thiazole rings is 1. The van der Waals surface area contributed by atoms with Crippen LogP contribution in [0, 0.1) is 0 Å². The summed E-state index contributed by atoms with van der Waals surface area (Å²) in [6.07, 6.45) is 1.67. The van der Waals surface area contributed by atoms with Crippen molar-refractivity contribution in [2.24, 2.45) is 0 Å². The van der Waals surface area contributed by atoms with Crippen LogP contribution in [0.1, 0.15) is 59.8 Å². The Balaban J connectivity index is 1.21. The Morgan fingerprint density at radius 3 is 2.14 bits per heavy atom. The van der Waals surface area contributed by atoms with E-state index in [4.69, 9.17) is 4.98 Å². The highest BCUT2D eigenvalue weighted by atomic mass is 79.9. The van der Waals surface area contributed by atoms with Crippen LogP contribution in [0.25, 0.3) is 16.4 Å². The van der Waals surface area contributed by atoms with E-state index in [0.29, 0.717) is 25.2 Å². The van der Waals surface area contributed by atoms with Crippen molar-refractivity contribution in [3.05, 3.63) is 123 Å². The van der Waals surface area contributed by atoms with Crippen molar-refractivity contribution in [2.45, 2.75) is 38.6 Å². The van der Waals surface area contributed by atoms with E-state index >= 15 is 0 Å². The van der Waals surface area contributed by atoms with E-state index in [1.165, 1.54) is 11.3 Å². The lowest BCUT2D eigenvalue weighted by Gasteiger charge is -2.41. The zero-order chi connectivity index (χ0) is 30.8. The smallest absolute Gasteiger partial charge is 0.257 e. The Morgan fingerprint density at radius 1 is 0.909 bits per heavy atom. The van der Waals surface area contributed by atoms with Crippen molar-refractivity contribution in [1.82, 2.24) is 24.6 Å². The highest BCUT2D eigenvalue weighted by Crippen LogP contribution is 2.31. The van der Waals surface area contributed by atoms with E-state index in [1.807, 2.05) is 107 Å². The first-order valence-electron chi connectivity index (χ1n) is 14.8. The van der Waals surface area contributed by atoms with Gasteiger partial charge in [0.25, 0.3) is 5.91 Å². The predicted molar refractivity (Wildman–Crippen MR) is 178 cm³/mol. The molecule has 3 heterocycles. The maximum Gasteiger partial charge on any atom is 0.257 e. The third kappa shape index (κ3) is 5.99. The van der Waals surface area contributed by atoms with Crippen molar-refractivity contribution < 1.29 is 9.59 Å². The summed E-state index contributed by atoms with van der Waals surface area (Å²) in [6, 6.07) is 27.8. The van der Waals surface area contributed by atoms with Crippen LogP contribution in [0.4, 0.5) is 0 Å². The number of carbonyl (C=O) groups excluding carboxylic acids is 2. The normalized spacial score (nSPS) is 15.3. The van der Waals surface area contributed by atoms with Gasteiger partial charge in [0, 0.05) is 41.1 Å². The number of hydrogen-bond acceptors (Lipinski definition) is 5. The molecule has 0 bridgehead atoms. The van der Waals surface area contributed by atoms with Crippen LogP contribution in [-0.4, -0.2) is 62.1 Å². The Kier molecular flexibility index (Phi) is 8.77. The van der Waals surface area contributed by atoms with Gasteiger partial charge >= 0.3 is 0 Å². The Hall–Kier alpha value is -4.08. The van der Waals surface area contributed by atoms with Crippen LogP contribution in [-0.2, 0) is 4.79 Å². The minimum atomic E-state index is -0.395. The van der Waals surface area contributed by atoms with E-state index in [-0.39, 0.29) is 23.8 Å². The molecule has 5 aromatic rings. The van der Waals surface area contributed by atoms with Gasteiger partial charge in [0.1, 0.15) is 0 Å². The summed E-state index contributed by atoms with van der Waals surface area (Å²) in [5.74, 6) is -0.350. The summed E-state index contributed by atoms with van der Waals surface area (Å²) in [5, 5.41) is 7.38. The Labute approximate surface area is 270 Å². The molecule has 1 saturated heterocycles. The topological polar surface area (TPSA) is 71.3 Å². The van der Waals surface area contributed by atoms with Crippen LogP contribution in [0.5, 0.6) is 0 Å². The second-order valence-electron chi connectivity index (χ2n) is 11.4. The summed E-state index contributed by atoms with van der Waals surface area (Å²) >= 11 is 4.99. The van der Waals surface area contributed by atoms with Gasteiger partial charge in [0.15, 0.2) is 0 Å². The molecule has 2 aromatic heterocycles. The maximum atomic E-state index is 14.1. The second kappa shape index (κ2) is 12.9. The van der Waals surface area contributed by atoms with Crippen molar-refractivity contribution >= 4 is 39.1 Å². The summed E-state index contributed by atoms with van der Waals surface area (Å²) in [6.45, 7) is 7.54. The molecule has 44 heavy (non-hydrogen) atoms. The first kappa shape index (κ1) is 30.0. The molecule has 0 N–H and O–H groups in total. The fourth-order valence-corrected chi connectivity index (χ4v) is 6.99. The van der Waals surface area contributed by atoms with Gasteiger partial charge in [0.2, 0.25) is 11.0 Å². The Morgan fingerprint density at radius 2 is 1.55 bits per heavy atom. The first-order chi connectivity index (χ1) is 21.3. The lowest BCUT2D eigenvalue weighted by Crippen LogP contribution is -2.56. The molecule has 1 aliphatic rings. The second-order valence-corrected chi connectivity index (χ2v) is 13.2. The summed E-state index contributed by atoms with van der Waals surface area (Å²) in [4.78, 5) is 36.7. The molecule has 1 atom stereocenters. The lowest BCUT2D eigenvalue weighted by molar-refractivity contribution is -0.135. The molecule has 0 spiro atoms. The third-order valence-electron chi connectivity index (χ3n) is 8.11. The molecule has 6 rings (SSSR count). The van der Waals surface area contributed by atoms with E-state index in [1.54, 1.807) is 10.9 Å². The van der Waals surface area contributed by atoms with E-state index < -0.39 is 5.92 Å². The average Bonchev–Trinajstić information content (AvgIpc) is 3.70. The van der Waals surface area contributed by atoms with Crippen molar-refractivity contribution in [3.63, 3.8) is 0 Å². The molecule has 0 aliphatic carbocycles. The first-order valence-corrected chi connectivity index (χ1v) is 16.5. The van der Waals surface area contributed by atoms with Crippen LogP contribution in [0.2, 0.25) is 0 Å². The summed E-state index contributed by atoms with van der Waals surface area (Å²) in [5.41, 5.74) is 5.25. The van der Waals surface area contributed by atoms with Crippen LogP contribution in [0.3, 0.4) is 0 Å². The van der Waals surface area contributed by atoms with Gasteiger partial charge in [-0.1, -0.05) is 103 Å². The van der Waals surface area contributed by atoms with Crippen molar-refractivity contribution in [2.75, 3.05) is 19.6 Å². The standard InChI is InChI=1S/C35H34BrN5O2S/c1-23(2)32-29(20-37-41(32)35-38-30(22-44-35)25-14-16-28(36)17-15-25)33(42)39-18-19-40(24(3)21-39)34(43)31(26-10-6-4-7-11-26)27-12-8-5-9-13-27/h4-17,20,22-24,31H,18-19,21H2,1-3H3. The number of piperazine rings is 1. The van der Waals surface area contributed by atoms with Crippen LogP contribution >= 0.6 is 27.3 Å². The van der Waals surface area contributed by atoms with Gasteiger partial charge in [-0.25, -0.2) is 9.67 Å². The molecule has 7 nitrogen and oxygen atoms in total. The van der Waals surface area contributed by atoms with Crippen molar-refractivity contribution in [3.8, 4) is 16.4 Å². The minimum absolute atomic E-state index is 0.0503. The molecular weight excluding hydrogens is 634 g/mol. The van der Waals surface area contributed by atoms with E-state index in [0.717, 1.165) is 37.7 Å². The van der Waals surface area contributed by atoms with Crippen LogP contribution in [0.15, 0.2) is 101 Å². The number of benzene rings is 3. The van der Waals surface area contributed by atoms with Gasteiger partial charge in [-0.3, -0.25) is 9.59 Å². The van der Waals surface area contributed by atoms with Gasteiger partial charge < -0.3 is 9.80 Å². The predicted octanol–water partition coefficient (Wildman–Crippen LogP) is 7.39. The van der Waals surface area contributed by atoms with Crippen LogP contribution < -0.4 is 0 Å². The van der Waals surface area contributed by atoms with Gasteiger partial charge in [-0.15, -0.1) is 11.3 Å². The van der Waals surface area contributed by atoms with Gasteiger partial charge in [0.05, 0.1) is 29.1 Å². The largest absolute Gasteiger partial charge is 0.336 e. The zero-order valence-corrected chi connectivity index (χ0v) is 27.3. The fraction of sp³-hybridized carbons (Fsp3) is 0.257. The number of hydrogen-bond donors (Lipinski definition) is 0. The monoisotopic (exact) mass is 667 g/mol. The van der Waals surface area contributed by atoms with Gasteiger partial charge in [-0.05, 0) is 36.1 Å². The molecule has 9 heteroatoms. The van der Waals surface area contributed by atoms with Gasteiger partial charge in [-0.2, -0.15) is 5.10 Å². The average molecular weight is 669 g/mol. The van der Waals surface area contributed by atoms with Crippen molar-refractivity contribution in [1.29, 1.82) is 0 Å². The third-order valence-corrected chi connectivity index (χ3v) is 9.45. The number of aromatic nitrogens is 3. The molecular formula is C35H34BrN5O2S. The molecule has 224 valence electrons. The molecule has 2 amide bonds. The van der Waals surface area contributed by atoms with E-state index in [9.17, 15) is 9.59 Å². The highest BCUT2D eigenvalue weighted by Gasteiger charge is 2.36. The molecule has 1 fully saturated rings. The number of nitrogens with zero attached hydrogens (tertiary/aromatic N) is 5. The quantitative estimate of drug-likeness (QED) is 0.182. The number of carbonyl (C=O) groups is 2. The zero-order valence-electron chi connectivity index (χ0n) is 24.9. The summed E-state index contributed by atoms with van der Waals surface area (Å²) in [7, 11) is 0. The number of amides is 2. The molecule has 0 radical (unpaired) electrons. The van der Waals surface area contributed by atoms with E-state index in [2.05, 4.69) is 34.9 Å².